The van der Waals surface area contributed by atoms with Crippen LogP contribution in [0, 0.1) is 0 Å². The van der Waals surface area contributed by atoms with Gasteiger partial charge in [-0.05, 0) is 24.3 Å². The largest absolute Gasteiger partial charge is 0.504 e. The summed E-state index contributed by atoms with van der Waals surface area (Å²) in [5.41, 5.74) is 2.19. The predicted molar refractivity (Wildman–Crippen MR) is 66.7 cm³/mol. The second-order valence-corrected chi connectivity index (χ2v) is 3.73. The molecular formula is C13H10N4O. The summed E-state index contributed by atoms with van der Waals surface area (Å²) >= 11 is 0. The van der Waals surface area contributed by atoms with Gasteiger partial charge in [0.2, 0.25) is 0 Å². The first-order valence-corrected chi connectivity index (χ1v) is 5.46. The maximum atomic E-state index is 10.2. The summed E-state index contributed by atoms with van der Waals surface area (Å²) in [6.07, 6.45) is 3.32. The van der Waals surface area contributed by atoms with Crippen LogP contribution in [0.3, 0.4) is 0 Å². The van der Waals surface area contributed by atoms with E-state index in [1.807, 2.05) is 24.3 Å². The zero-order valence-corrected chi connectivity index (χ0v) is 9.41. The number of hydrogen-bond donors (Lipinski definition) is 2. The molecule has 5 nitrogen and oxygen atoms in total. The molecule has 0 atom stereocenters. The van der Waals surface area contributed by atoms with Crippen LogP contribution >= 0.6 is 0 Å². The molecule has 0 fully saturated rings. The highest BCUT2D eigenvalue weighted by molar-refractivity contribution is 5.74. The molecule has 3 aromatic rings. The lowest BCUT2D eigenvalue weighted by Gasteiger charge is -1.98. The fraction of sp³-hybridized carbons (Fsp3) is 0. The standard InChI is InChI=1S/C13H10N4O/c18-13-11(9-5-1-3-7-14-9)16-17-12(13)10-6-2-4-8-15-10/h1-8,18H,(H,16,17). The van der Waals surface area contributed by atoms with Crippen molar-refractivity contribution in [1.29, 1.82) is 0 Å². The Morgan fingerprint density at radius 2 is 1.56 bits per heavy atom. The number of nitrogens with one attached hydrogen (secondary N) is 1. The highest BCUT2D eigenvalue weighted by Crippen LogP contribution is 2.33. The smallest absolute Gasteiger partial charge is 0.172 e. The minimum absolute atomic E-state index is 0.0624. The zero-order chi connectivity index (χ0) is 12.4. The summed E-state index contributed by atoms with van der Waals surface area (Å²) in [7, 11) is 0. The Morgan fingerprint density at radius 1 is 0.889 bits per heavy atom. The van der Waals surface area contributed by atoms with E-state index in [1.165, 1.54) is 0 Å². The molecule has 3 rings (SSSR count). The minimum atomic E-state index is 0.0624. The number of aromatic amines is 1. The molecule has 0 radical (unpaired) electrons. The van der Waals surface area contributed by atoms with Gasteiger partial charge in [0.15, 0.2) is 11.4 Å². The van der Waals surface area contributed by atoms with Crippen molar-refractivity contribution in [3.63, 3.8) is 0 Å². The van der Waals surface area contributed by atoms with Crippen LogP contribution in [-0.2, 0) is 0 Å². The van der Waals surface area contributed by atoms with Crippen LogP contribution in [0.1, 0.15) is 0 Å². The van der Waals surface area contributed by atoms with E-state index in [0.29, 0.717) is 22.8 Å². The molecule has 0 aliphatic carbocycles. The van der Waals surface area contributed by atoms with E-state index in [9.17, 15) is 5.11 Å². The first-order valence-electron chi connectivity index (χ1n) is 5.46. The number of nitrogens with zero attached hydrogens (tertiary/aromatic N) is 3. The van der Waals surface area contributed by atoms with E-state index >= 15 is 0 Å². The van der Waals surface area contributed by atoms with E-state index < -0.39 is 0 Å². The van der Waals surface area contributed by atoms with Crippen molar-refractivity contribution in [3.8, 4) is 28.5 Å². The zero-order valence-electron chi connectivity index (χ0n) is 9.41. The molecule has 0 unspecified atom stereocenters. The van der Waals surface area contributed by atoms with E-state index in [1.54, 1.807) is 24.5 Å². The molecule has 0 bridgehead atoms. The summed E-state index contributed by atoms with van der Waals surface area (Å²) in [6.45, 7) is 0. The predicted octanol–water partition coefficient (Wildman–Crippen LogP) is 2.24. The van der Waals surface area contributed by atoms with Gasteiger partial charge in [-0.2, -0.15) is 5.10 Å². The molecule has 3 heterocycles. The normalized spacial score (nSPS) is 10.4. The van der Waals surface area contributed by atoms with Crippen molar-refractivity contribution < 1.29 is 5.11 Å². The van der Waals surface area contributed by atoms with Gasteiger partial charge in [-0.15, -0.1) is 0 Å². The molecule has 18 heavy (non-hydrogen) atoms. The number of hydrogen-bond acceptors (Lipinski definition) is 4. The lowest BCUT2D eigenvalue weighted by atomic mass is 10.2. The molecule has 0 amide bonds. The molecule has 5 heteroatoms. The minimum Gasteiger partial charge on any atom is -0.504 e. The third kappa shape index (κ3) is 1.71. The Hall–Kier alpha value is -2.69. The molecule has 0 aromatic carbocycles. The van der Waals surface area contributed by atoms with Crippen molar-refractivity contribution in [1.82, 2.24) is 20.2 Å². The summed E-state index contributed by atoms with van der Waals surface area (Å²) in [4.78, 5) is 8.32. The molecule has 2 N–H and O–H groups in total. The number of H-pyrrole nitrogens is 1. The van der Waals surface area contributed by atoms with Crippen LogP contribution in [0.15, 0.2) is 48.8 Å². The fourth-order valence-corrected chi connectivity index (χ4v) is 1.71. The van der Waals surface area contributed by atoms with Crippen molar-refractivity contribution in [2.75, 3.05) is 0 Å². The quantitative estimate of drug-likeness (QED) is 0.718. The van der Waals surface area contributed by atoms with Crippen molar-refractivity contribution >= 4 is 0 Å². The van der Waals surface area contributed by atoms with Crippen LogP contribution in [0.25, 0.3) is 22.8 Å². The lowest BCUT2D eigenvalue weighted by Crippen LogP contribution is -1.82. The third-order valence-corrected chi connectivity index (χ3v) is 2.57. The van der Waals surface area contributed by atoms with Crippen molar-refractivity contribution in [2.45, 2.75) is 0 Å². The summed E-state index contributed by atoms with van der Waals surface area (Å²) < 4.78 is 0. The maximum absolute atomic E-state index is 10.2. The van der Waals surface area contributed by atoms with Gasteiger partial charge < -0.3 is 5.11 Å². The molecule has 0 saturated carbocycles. The van der Waals surface area contributed by atoms with Crippen LogP contribution in [0.5, 0.6) is 5.75 Å². The summed E-state index contributed by atoms with van der Waals surface area (Å²) in [6, 6.07) is 10.9. The number of pyridine rings is 2. The highest BCUT2D eigenvalue weighted by atomic mass is 16.3. The van der Waals surface area contributed by atoms with Gasteiger partial charge in [0.05, 0.1) is 11.4 Å². The average Bonchev–Trinajstić information content (AvgIpc) is 2.83. The van der Waals surface area contributed by atoms with Gasteiger partial charge in [-0.3, -0.25) is 15.1 Å². The molecule has 3 aromatic heterocycles. The van der Waals surface area contributed by atoms with E-state index in [4.69, 9.17) is 0 Å². The van der Waals surface area contributed by atoms with Gasteiger partial charge in [-0.25, -0.2) is 0 Å². The van der Waals surface area contributed by atoms with E-state index in [0.717, 1.165) is 0 Å². The molecule has 0 aliphatic heterocycles. The van der Waals surface area contributed by atoms with Crippen molar-refractivity contribution in [2.24, 2.45) is 0 Å². The van der Waals surface area contributed by atoms with Crippen molar-refractivity contribution in [3.05, 3.63) is 48.8 Å². The lowest BCUT2D eigenvalue weighted by molar-refractivity contribution is 0.479. The van der Waals surface area contributed by atoms with Gasteiger partial charge >= 0.3 is 0 Å². The topological polar surface area (TPSA) is 74.7 Å². The fourth-order valence-electron chi connectivity index (χ4n) is 1.71. The SMILES string of the molecule is Oc1c(-c2ccccn2)n[nH]c1-c1ccccn1. The number of aromatic hydroxyl groups is 1. The van der Waals surface area contributed by atoms with E-state index in [-0.39, 0.29) is 5.75 Å². The Morgan fingerprint density at radius 3 is 2.17 bits per heavy atom. The summed E-state index contributed by atoms with van der Waals surface area (Å²) in [5, 5.41) is 17.0. The molecule has 0 spiro atoms. The second-order valence-electron chi connectivity index (χ2n) is 3.73. The average molecular weight is 238 g/mol. The number of rotatable bonds is 2. The second kappa shape index (κ2) is 4.29. The number of aromatic nitrogens is 4. The molecule has 88 valence electrons. The van der Waals surface area contributed by atoms with Crippen LogP contribution in [0.2, 0.25) is 0 Å². The first kappa shape index (κ1) is 10.5. The Balaban J connectivity index is 2.09. The first-order chi connectivity index (χ1) is 8.86. The molecule has 0 saturated heterocycles. The van der Waals surface area contributed by atoms with Gasteiger partial charge in [0.25, 0.3) is 0 Å². The maximum Gasteiger partial charge on any atom is 0.172 e. The van der Waals surface area contributed by atoms with Gasteiger partial charge in [0, 0.05) is 12.4 Å². The van der Waals surface area contributed by atoms with Gasteiger partial charge in [0.1, 0.15) is 5.69 Å². The Kier molecular flexibility index (Phi) is 2.49. The summed E-state index contributed by atoms with van der Waals surface area (Å²) in [5.74, 6) is 0.0624. The van der Waals surface area contributed by atoms with Crippen LogP contribution in [0.4, 0.5) is 0 Å². The van der Waals surface area contributed by atoms with E-state index in [2.05, 4.69) is 20.2 Å². The molecule has 0 aliphatic rings. The van der Waals surface area contributed by atoms with Gasteiger partial charge in [-0.1, -0.05) is 12.1 Å². The Labute approximate surface area is 103 Å². The van der Waals surface area contributed by atoms with Crippen LogP contribution in [-0.4, -0.2) is 25.3 Å². The molecular weight excluding hydrogens is 228 g/mol. The monoisotopic (exact) mass is 238 g/mol. The van der Waals surface area contributed by atoms with Crippen LogP contribution < -0.4 is 0 Å². The Bertz CT molecular complexity index is 592. The third-order valence-electron chi connectivity index (χ3n) is 2.57. The highest BCUT2D eigenvalue weighted by Gasteiger charge is 2.16.